The number of hydrogen-bond acceptors (Lipinski definition) is 4. The molecule has 1 fully saturated rings. The Kier molecular flexibility index (Phi) is 4.42. The van der Waals surface area contributed by atoms with Crippen molar-refractivity contribution < 1.29 is 24.2 Å². The Balaban J connectivity index is 2.17. The fourth-order valence-corrected chi connectivity index (χ4v) is 2.31. The lowest BCUT2D eigenvalue weighted by Gasteiger charge is -2.22. The molecule has 0 radical (unpaired) electrons. The molecule has 2 amide bonds. The van der Waals surface area contributed by atoms with E-state index in [0.29, 0.717) is 0 Å². The normalized spacial score (nSPS) is 19.3. The van der Waals surface area contributed by atoms with Gasteiger partial charge in [-0.1, -0.05) is 0 Å². The molecule has 0 bridgehead atoms. The van der Waals surface area contributed by atoms with Crippen LogP contribution in [0.1, 0.15) is 17.3 Å². The molecule has 0 aromatic heterocycles. The molecule has 0 aliphatic carbocycles. The van der Waals surface area contributed by atoms with Crippen LogP contribution >= 0.6 is 0 Å². The Hall–Kier alpha value is -2.15. The number of aliphatic hydroxyl groups is 1. The number of phenolic OH excluding ortho intramolecular Hbond substituents is 1. The first-order valence-electron chi connectivity index (χ1n) is 6.60. The van der Waals surface area contributed by atoms with Crippen LogP contribution in [-0.4, -0.2) is 64.1 Å². The molecule has 1 aliphatic heterocycles. The zero-order valence-corrected chi connectivity index (χ0v) is 11.6. The van der Waals surface area contributed by atoms with Crippen LogP contribution in [0.5, 0.6) is 5.75 Å². The smallest absolute Gasteiger partial charge is 0.256 e. The number of halogens is 1. The van der Waals surface area contributed by atoms with Gasteiger partial charge in [0.05, 0.1) is 11.7 Å². The largest absolute Gasteiger partial charge is 0.508 e. The highest BCUT2D eigenvalue weighted by Crippen LogP contribution is 2.17. The van der Waals surface area contributed by atoms with Gasteiger partial charge in [0.25, 0.3) is 5.91 Å². The molecular formula is C14H17FN2O4. The average molecular weight is 296 g/mol. The third kappa shape index (κ3) is 3.49. The second-order valence-electron chi connectivity index (χ2n) is 5.03. The van der Waals surface area contributed by atoms with Crippen molar-refractivity contribution in [1.82, 2.24) is 9.80 Å². The molecule has 1 aromatic carbocycles. The van der Waals surface area contributed by atoms with Gasteiger partial charge in [-0.3, -0.25) is 9.59 Å². The van der Waals surface area contributed by atoms with Crippen molar-refractivity contribution in [2.24, 2.45) is 0 Å². The quantitative estimate of drug-likeness (QED) is 0.775. The zero-order chi connectivity index (χ0) is 15.6. The van der Waals surface area contributed by atoms with E-state index in [1.165, 1.54) is 28.9 Å². The number of amides is 2. The number of aliphatic hydroxyl groups excluding tert-OH is 1. The summed E-state index contributed by atoms with van der Waals surface area (Å²) in [6, 6.07) is 3.29. The summed E-state index contributed by atoms with van der Waals surface area (Å²) in [6.45, 7) is 2.08. The van der Waals surface area contributed by atoms with E-state index in [1.54, 1.807) is 0 Å². The van der Waals surface area contributed by atoms with Crippen molar-refractivity contribution in [1.29, 1.82) is 0 Å². The van der Waals surface area contributed by atoms with Crippen LogP contribution < -0.4 is 0 Å². The number of rotatable bonds is 1. The molecule has 1 heterocycles. The molecule has 7 heteroatoms. The molecular weight excluding hydrogens is 279 g/mol. The number of carbonyl (C=O) groups excluding carboxylic acids is 2. The average Bonchev–Trinajstić information content (AvgIpc) is 2.60. The maximum Gasteiger partial charge on any atom is 0.256 e. The number of aromatic hydroxyl groups is 1. The maximum atomic E-state index is 13.7. The predicted molar refractivity (Wildman–Crippen MR) is 72.2 cm³/mol. The predicted octanol–water partition coefficient (Wildman–Crippen LogP) is 0.197. The van der Waals surface area contributed by atoms with Gasteiger partial charge in [0.1, 0.15) is 11.6 Å². The summed E-state index contributed by atoms with van der Waals surface area (Å²) < 4.78 is 13.7. The van der Waals surface area contributed by atoms with Gasteiger partial charge in [-0.15, -0.1) is 0 Å². The third-order valence-corrected chi connectivity index (χ3v) is 3.42. The lowest BCUT2D eigenvalue weighted by Crippen LogP contribution is -2.38. The van der Waals surface area contributed by atoms with Gasteiger partial charge in [0.2, 0.25) is 5.91 Å². The Labute approximate surface area is 121 Å². The van der Waals surface area contributed by atoms with Gasteiger partial charge >= 0.3 is 0 Å². The number of β-amino-alcohol motifs (C(OH)–C–C–N with tert-alkyl or cyclic N) is 1. The first kappa shape index (κ1) is 15.2. The summed E-state index contributed by atoms with van der Waals surface area (Å²) in [7, 11) is 0. The second kappa shape index (κ2) is 6.09. The summed E-state index contributed by atoms with van der Waals surface area (Å²) in [5, 5.41) is 19.0. The minimum atomic E-state index is -0.875. The van der Waals surface area contributed by atoms with Crippen LogP contribution in [0.4, 0.5) is 4.39 Å². The van der Waals surface area contributed by atoms with Crippen LogP contribution in [0.3, 0.4) is 0 Å². The van der Waals surface area contributed by atoms with Crippen molar-refractivity contribution >= 4 is 11.8 Å². The van der Waals surface area contributed by atoms with E-state index in [1.807, 2.05) is 0 Å². The molecule has 114 valence electrons. The minimum Gasteiger partial charge on any atom is -0.508 e. The van der Waals surface area contributed by atoms with Crippen molar-refractivity contribution in [3.05, 3.63) is 29.6 Å². The van der Waals surface area contributed by atoms with Crippen LogP contribution in [0.25, 0.3) is 0 Å². The van der Waals surface area contributed by atoms with Crippen LogP contribution in [0, 0.1) is 5.82 Å². The van der Waals surface area contributed by atoms with Crippen molar-refractivity contribution in [2.75, 3.05) is 26.2 Å². The van der Waals surface area contributed by atoms with E-state index in [2.05, 4.69) is 0 Å². The first-order chi connectivity index (χ1) is 9.88. The summed E-state index contributed by atoms with van der Waals surface area (Å²) >= 11 is 0. The van der Waals surface area contributed by atoms with E-state index in [0.717, 1.165) is 6.07 Å². The number of carbonyl (C=O) groups is 2. The highest BCUT2D eigenvalue weighted by molar-refractivity contribution is 5.94. The molecule has 21 heavy (non-hydrogen) atoms. The molecule has 1 saturated heterocycles. The summed E-state index contributed by atoms with van der Waals surface area (Å²) in [5.74, 6) is -1.83. The van der Waals surface area contributed by atoms with E-state index >= 15 is 0 Å². The second-order valence-corrected chi connectivity index (χ2v) is 5.03. The summed E-state index contributed by atoms with van der Waals surface area (Å²) in [4.78, 5) is 26.4. The number of hydrogen-bond donors (Lipinski definition) is 2. The fourth-order valence-electron chi connectivity index (χ4n) is 2.31. The molecule has 6 nitrogen and oxygen atoms in total. The van der Waals surface area contributed by atoms with E-state index < -0.39 is 17.8 Å². The van der Waals surface area contributed by atoms with Crippen molar-refractivity contribution in [3.63, 3.8) is 0 Å². The highest BCUT2D eigenvalue weighted by atomic mass is 19.1. The molecule has 1 aromatic rings. The molecule has 2 rings (SSSR count). The number of benzene rings is 1. The van der Waals surface area contributed by atoms with Gasteiger partial charge in [-0.05, 0) is 12.1 Å². The van der Waals surface area contributed by atoms with E-state index in [-0.39, 0.29) is 43.4 Å². The Morgan fingerprint density at radius 2 is 1.86 bits per heavy atom. The zero-order valence-electron chi connectivity index (χ0n) is 11.6. The van der Waals surface area contributed by atoms with Gasteiger partial charge in [0.15, 0.2) is 0 Å². The molecule has 2 N–H and O–H groups in total. The maximum absolute atomic E-state index is 13.7. The van der Waals surface area contributed by atoms with Crippen molar-refractivity contribution in [2.45, 2.75) is 13.0 Å². The summed E-state index contributed by atoms with van der Waals surface area (Å²) in [6.07, 6.45) is -0.875. The van der Waals surface area contributed by atoms with Gasteiger partial charge < -0.3 is 20.0 Å². The molecule has 1 atom stereocenters. The highest BCUT2D eigenvalue weighted by Gasteiger charge is 2.27. The lowest BCUT2D eigenvalue weighted by molar-refractivity contribution is -0.129. The SMILES string of the molecule is CC(=O)N1CCN(C(=O)c2ccc(O)cc2F)C[C@H](O)C1. The molecule has 0 spiro atoms. The van der Waals surface area contributed by atoms with Crippen LogP contribution in [0.2, 0.25) is 0 Å². The Morgan fingerprint density at radius 1 is 1.24 bits per heavy atom. The monoisotopic (exact) mass is 296 g/mol. The van der Waals surface area contributed by atoms with Gasteiger partial charge in [0, 0.05) is 39.2 Å². The number of phenols is 1. The van der Waals surface area contributed by atoms with E-state index in [4.69, 9.17) is 5.11 Å². The van der Waals surface area contributed by atoms with Crippen LogP contribution in [-0.2, 0) is 4.79 Å². The first-order valence-corrected chi connectivity index (χ1v) is 6.60. The molecule has 0 saturated carbocycles. The lowest BCUT2D eigenvalue weighted by atomic mass is 10.1. The Morgan fingerprint density at radius 3 is 2.48 bits per heavy atom. The topological polar surface area (TPSA) is 81.1 Å². The van der Waals surface area contributed by atoms with Crippen molar-refractivity contribution in [3.8, 4) is 5.75 Å². The Bertz CT molecular complexity index is 564. The summed E-state index contributed by atoms with van der Waals surface area (Å²) in [5.41, 5.74) is -0.170. The van der Waals surface area contributed by atoms with Gasteiger partial charge in [-0.25, -0.2) is 4.39 Å². The van der Waals surface area contributed by atoms with E-state index in [9.17, 15) is 19.1 Å². The van der Waals surface area contributed by atoms with Gasteiger partial charge in [-0.2, -0.15) is 0 Å². The third-order valence-electron chi connectivity index (χ3n) is 3.42. The molecule has 0 unspecified atom stereocenters. The number of nitrogens with zero attached hydrogens (tertiary/aromatic N) is 2. The van der Waals surface area contributed by atoms with Crippen LogP contribution in [0.15, 0.2) is 18.2 Å². The standard InChI is InChI=1S/C14H17FN2O4/c1-9(18)16-4-5-17(8-11(20)7-16)14(21)12-3-2-10(19)6-13(12)15/h2-3,6,11,19-20H,4-5,7-8H2,1H3/t11-/m1/s1. The minimum absolute atomic E-state index is 0.0307. The fraction of sp³-hybridized carbons (Fsp3) is 0.429. The molecule has 1 aliphatic rings.